The van der Waals surface area contributed by atoms with Crippen molar-refractivity contribution >= 4 is 5.91 Å². The molecule has 1 aliphatic heterocycles. The second-order valence-electron chi connectivity index (χ2n) is 6.87. The standard InChI is InChI=1S/C20H23F3N4O4/c1-2-8-24-19(28)13-10-26-18(11-25-13)30-12-15-14(5-4-9-29-15)31-17-7-3-6-16(27-17)20(21,22)23/h3,6-7,10-11,14-15H,2,4-5,8-9,12H2,1H3,(H,24,28)/t14?,15-/m1/s1. The predicted molar refractivity (Wildman–Crippen MR) is 103 cm³/mol. The fourth-order valence-electron chi connectivity index (χ4n) is 2.90. The van der Waals surface area contributed by atoms with Crippen LogP contribution in [0.5, 0.6) is 11.8 Å². The molecule has 2 aromatic heterocycles. The van der Waals surface area contributed by atoms with E-state index in [9.17, 15) is 18.0 Å². The third-order valence-corrected chi connectivity index (χ3v) is 4.46. The maximum atomic E-state index is 12.9. The first-order valence-electron chi connectivity index (χ1n) is 9.92. The average Bonchev–Trinajstić information content (AvgIpc) is 2.77. The summed E-state index contributed by atoms with van der Waals surface area (Å²) < 4.78 is 55.6. The number of pyridine rings is 1. The van der Waals surface area contributed by atoms with Crippen molar-refractivity contribution < 1.29 is 32.2 Å². The van der Waals surface area contributed by atoms with Gasteiger partial charge in [-0.25, -0.2) is 15.0 Å². The molecule has 0 aliphatic carbocycles. The number of nitrogens with one attached hydrogen (secondary N) is 1. The number of halogens is 3. The lowest BCUT2D eigenvalue weighted by Gasteiger charge is -2.31. The minimum atomic E-state index is -4.55. The number of amides is 1. The Bertz CT molecular complexity index is 864. The molecular weight excluding hydrogens is 417 g/mol. The molecule has 1 unspecified atom stereocenters. The van der Waals surface area contributed by atoms with Crippen LogP contribution in [0.4, 0.5) is 13.2 Å². The molecule has 1 saturated heterocycles. The average molecular weight is 440 g/mol. The minimum Gasteiger partial charge on any atom is -0.474 e. The Labute approximate surface area is 177 Å². The van der Waals surface area contributed by atoms with Crippen molar-refractivity contribution in [2.45, 2.75) is 44.6 Å². The fraction of sp³-hybridized carbons (Fsp3) is 0.500. The third kappa shape index (κ3) is 6.51. The van der Waals surface area contributed by atoms with E-state index in [4.69, 9.17) is 14.2 Å². The van der Waals surface area contributed by atoms with Crippen molar-refractivity contribution in [1.29, 1.82) is 0 Å². The van der Waals surface area contributed by atoms with Crippen LogP contribution in [0.2, 0.25) is 0 Å². The zero-order chi connectivity index (χ0) is 22.3. The normalized spacial score (nSPS) is 19.0. The highest BCUT2D eigenvalue weighted by Crippen LogP contribution is 2.29. The summed E-state index contributed by atoms with van der Waals surface area (Å²) in [7, 11) is 0. The van der Waals surface area contributed by atoms with Gasteiger partial charge in [-0.2, -0.15) is 13.2 Å². The molecule has 2 aromatic rings. The topological polar surface area (TPSA) is 95.5 Å². The molecule has 11 heteroatoms. The second-order valence-corrected chi connectivity index (χ2v) is 6.87. The van der Waals surface area contributed by atoms with E-state index in [2.05, 4.69) is 20.3 Å². The molecule has 0 spiro atoms. The van der Waals surface area contributed by atoms with Crippen LogP contribution in [0.25, 0.3) is 0 Å². The van der Waals surface area contributed by atoms with Gasteiger partial charge in [-0.15, -0.1) is 0 Å². The summed E-state index contributed by atoms with van der Waals surface area (Å²) in [5.74, 6) is -0.256. The number of nitrogens with zero attached hydrogens (tertiary/aromatic N) is 3. The number of carbonyl (C=O) groups is 1. The first-order valence-corrected chi connectivity index (χ1v) is 9.92. The van der Waals surface area contributed by atoms with Crippen molar-refractivity contribution in [2.24, 2.45) is 0 Å². The monoisotopic (exact) mass is 440 g/mol. The first-order chi connectivity index (χ1) is 14.9. The quantitative estimate of drug-likeness (QED) is 0.674. The molecule has 168 valence electrons. The Kier molecular flexibility index (Phi) is 7.61. The molecule has 0 aromatic carbocycles. The van der Waals surface area contributed by atoms with Crippen LogP contribution < -0.4 is 14.8 Å². The smallest absolute Gasteiger partial charge is 0.433 e. The van der Waals surface area contributed by atoms with Crippen LogP contribution >= 0.6 is 0 Å². The predicted octanol–water partition coefficient (Wildman–Crippen LogP) is 3.04. The maximum Gasteiger partial charge on any atom is 0.433 e. The Hall–Kier alpha value is -2.95. The van der Waals surface area contributed by atoms with Crippen LogP contribution in [-0.2, 0) is 10.9 Å². The molecule has 1 aliphatic rings. The number of hydrogen-bond acceptors (Lipinski definition) is 7. The van der Waals surface area contributed by atoms with Gasteiger partial charge < -0.3 is 19.5 Å². The molecule has 1 N–H and O–H groups in total. The fourth-order valence-corrected chi connectivity index (χ4v) is 2.90. The van der Waals surface area contributed by atoms with Crippen molar-refractivity contribution in [3.8, 4) is 11.8 Å². The SMILES string of the molecule is CCCNC(=O)c1cnc(OC[C@H]2OCCCC2Oc2cccc(C(F)(F)F)n2)cn1. The summed E-state index contributed by atoms with van der Waals surface area (Å²) in [6.07, 6.45) is -0.896. The molecule has 0 radical (unpaired) electrons. The molecular formula is C20H23F3N4O4. The summed E-state index contributed by atoms with van der Waals surface area (Å²) in [6.45, 7) is 3.02. The summed E-state index contributed by atoms with van der Waals surface area (Å²) >= 11 is 0. The Morgan fingerprint density at radius 1 is 1.26 bits per heavy atom. The highest BCUT2D eigenvalue weighted by atomic mass is 19.4. The van der Waals surface area contributed by atoms with E-state index in [0.717, 1.165) is 12.5 Å². The van der Waals surface area contributed by atoms with Gasteiger partial charge in [0.15, 0.2) is 0 Å². The molecule has 31 heavy (non-hydrogen) atoms. The van der Waals surface area contributed by atoms with Crippen molar-refractivity contribution in [2.75, 3.05) is 19.8 Å². The highest BCUT2D eigenvalue weighted by molar-refractivity contribution is 5.91. The van der Waals surface area contributed by atoms with Crippen LogP contribution in [0.15, 0.2) is 30.6 Å². The number of rotatable bonds is 8. The highest BCUT2D eigenvalue weighted by Gasteiger charge is 2.34. The molecule has 0 saturated carbocycles. The number of alkyl halides is 3. The molecule has 3 rings (SSSR count). The van der Waals surface area contributed by atoms with Crippen molar-refractivity contribution in [1.82, 2.24) is 20.3 Å². The van der Waals surface area contributed by atoms with Crippen LogP contribution in [0.1, 0.15) is 42.4 Å². The largest absolute Gasteiger partial charge is 0.474 e. The van der Waals surface area contributed by atoms with Gasteiger partial charge in [0.25, 0.3) is 5.91 Å². The summed E-state index contributed by atoms with van der Waals surface area (Å²) in [6, 6.07) is 3.50. The van der Waals surface area contributed by atoms with E-state index in [1.54, 1.807) is 0 Å². The van der Waals surface area contributed by atoms with Crippen LogP contribution in [-0.4, -0.2) is 52.8 Å². The first kappa shape index (κ1) is 22.7. The van der Waals surface area contributed by atoms with E-state index in [0.29, 0.717) is 26.0 Å². The molecule has 1 fully saturated rings. The lowest BCUT2D eigenvalue weighted by Crippen LogP contribution is -2.42. The van der Waals surface area contributed by atoms with E-state index >= 15 is 0 Å². The number of aromatic nitrogens is 3. The van der Waals surface area contributed by atoms with Gasteiger partial charge in [0.2, 0.25) is 11.8 Å². The molecule has 3 heterocycles. The van der Waals surface area contributed by atoms with E-state index < -0.39 is 24.1 Å². The lowest BCUT2D eigenvalue weighted by atomic mass is 10.1. The zero-order valence-electron chi connectivity index (χ0n) is 16.9. The van der Waals surface area contributed by atoms with Gasteiger partial charge in [-0.1, -0.05) is 13.0 Å². The molecule has 2 atom stereocenters. The number of carbonyl (C=O) groups excluding carboxylic acids is 1. The number of ether oxygens (including phenoxy) is 3. The summed E-state index contributed by atoms with van der Waals surface area (Å²) in [5, 5.41) is 2.70. The van der Waals surface area contributed by atoms with Crippen LogP contribution in [0, 0.1) is 0 Å². The Morgan fingerprint density at radius 2 is 2.10 bits per heavy atom. The van der Waals surface area contributed by atoms with E-state index in [1.165, 1.54) is 24.5 Å². The van der Waals surface area contributed by atoms with Gasteiger partial charge >= 0.3 is 6.18 Å². The van der Waals surface area contributed by atoms with E-state index in [1.807, 2.05) is 6.92 Å². The van der Waals surface area contributed by atoms with Crippen molar-refractivity contribution in [3.05, 3.63) is 42.0 Å². The van der Waals surface area contributed by atoms with Gasteiger partial charge in [-0.05, 0) is 25.3 Å². The minimum absolute atomic E-state index is 0.0552. The van der Waals surface area contributed by atoms with Gasteiger partial charge in [-0.3, -0.25) is 4.79 Å². The Balaban J connectivity index is 1.58. The van der Waals surface area contributed by atoms with Gasteiger partial charge in [0.1, 0.15) is 30.2 Å². The third-order valence-electron chi connectivity index (χ3n) is 4.46. The van der Waals surface area contributed by atoms with Crippen molar-refractivity contribution in [3.63, 3.8) is 0 Å². The summed E-state index contributed by atoms with van der Waals surface area (Å²) in [4.78, 5) is 23.5. The van der Waals surface area contributed by atoms with Gasteiger partial charge in [0.05, 0.1) is 12.4 Å². The molecule has 8 nitrogen and oxygen atoms in total. The molecule has 0 bridgehead atoms. The van der Waals surface area contributed by atoms with E-state index in [-0.39, 0.29) is 30.0 Å². The summed E-state index contributed by atoms with van der Waals surface area (Å²) in [5.41, 5.74) is -0.848. The zero-order valence-corrected chi connectivity index (χ0v) is 16.9. The maximum absolute atomic E-state index is 12.9. The second kappa shape index (κ2) is 10.4. The number of hydrogen-bond donors (Lipinski definition) is 1. The lowest BCUT2D eigenvalue weighted by molar-refractivity contribution is -0.141. The van der Waals surface area contributed by atoms with Gasteiger partial charge in [0, 0.05) is 19.2 Å². The Morgan fingerprint density at radius 3 is 2.81 bits per heavy atom. The molecule has 1 amide bonds. The van der Waals surface area contributed by atoms with Crippen LogP contribution in [0.3, 0.4) is 0 Å².